The molecular weight excluding hydrogens is 346 g/mol. The molecular formula is C16H16BrN3O2. The predicted molar refractivity (Wildman–Crippen MR) is 87.3 cm³/mol. The van der Waals surface area contributed by atoms with Crippen molar-refractivity contribution in [2.45, 2.75) is 19.4 Å². The molecule has 3 N–H and O–H groups in total. The molecule has 1 heterocycles. The molecule has 0 aliphatic carbocycles. The molecule has 2 rings (SSSR count). The minimum Gasteiger partial charge on any atom is -0.368 e. The number of carbonyl (C=O) groups excluding carboxylic acids is 2. The fraction of sp³-hybridized carbons (Fsp3) is 0.188. The third-order valence-electron chi connectivity index (χ3n) is 3.16. The Bertz CT molecular complexity index is 689. The van der Waals surface area contributed by atoms with Gasteiger partial charge in [-0.3, -0.25) is 9.59 Å². The van der Waals surface area contributed by atoms with Crippen LogP contribution in [0.5, 0.6) is 0 Å². The average Bonchev–Trinajstić information content (AvgIpc) is 2.47. The summed E-state index contributed by atoms with van der Waals surface area (Å²) in [5.74, 6) is -0.965. The number of benzene rings is 1. The van der Waals surface area contributed by atoms with Gasteiger partial charge in [0.05, 0.1) is 5.56 Å². The van der Waals surface area contributed by atoms with Gasteiger partial charge in [0.15, 0.2) is 0 Å². The van der Waals surface area contributed by atoms with Crippen LogP contribution in [0.15, 0.2) is 47.1 Å². The maximum absolute atomic E-state index is 12.3. The van der Waals surface area contributed by atoms with E-state index in [0.717, 1.165) is 11.3 Å². The van der Waals surface area contributed by atoms with E-state index in [1.54, 1.807) is 12.1 Å². The average molecular weight is 362 g/mol. The molecule has 22 heavy (non-hydrogen) atoms. The number of hydrogen-bond donors (Lipinski definition) is 2. The Labute approximate surface area is 137 Å². The van der Waals surface area contributed by atoms with Gasteiger partial charge in [0.1, 0.15) is 10.6 Å². The number of hydrogen-bond acceptors (Lipinski definition) is 3. The quantitative estimate of drug-likeness (QED) is 0.798. The maximum atomic E-state index is 12.3. The Balaban J connectivity index is 2.14. The molecule has 0 aliphatic rings. The Morgan fingerprint density at radius 3 is 2.50 bits per heavy atom. The molecule has 1 aromatic carbocycles. The van der Waals surface area contributed by atoms with Crippen LogP contribution < -0.4 is 11.1 Å². The zero-order valence-corrected chi connectivity index (χ0v) is 13.6. The van der Waals surface area contributed by atoms with E-state index < -0.39 is 11.9 Å². The van der Waals surface area contributed by atoms with E-state index >= 15 is 0 Å². The summed E-state index contributed by atoms with van der Waals surface area (Å²) >= 11 is 3.25. The molecule has 0 spiro atoms. The van der Waals surface area contributed by atoms with Crippen LogP contribution in [0.1, 0.15) is 21.6 Å². The van der Waals surface area contributed by atoms with Crippen LogP contribution in [-0.4, -0.2) is 22.8 Å². The van der Waals surface area contributed by atoms with E-state index in [1.807, 2.05) is 37.3 Å². The molecule has 1 atom stereocenters. The lowest BCUT2D eigenvalue weighted by Crippen LogP contribution is -2.46. The second-order valence-electron chi connectivity index (χ2n) is 4.91. The van der Waals surface area contributed by atoms with Crippen LogP contribution in [0.3, 0.4) is 0 Å². The first-order valence-electron chi connectivity index (χ1n) is 6.74. The van der Waals surface area contributed by atoms with Gasteiger partial charge in [0.2, 0.25) is 5.91 Å². The number of nitrogens with two attached hydrogens (primary N) is 1. The van der Waals surface area contributed by atoms with Crippen LogP contribution >= 0.6 is 15.9 Å². The van der Waals surface area contributed by atoms with E-state index in [2.05, 4.69) is 26.2 Å². The summed E-state index contributed by atoms with van der Waals surface area (Å²) in [4.78, 5) is 28.1. The van der Waals surface area contributed by atoms with E-state index in [1.165, 1.54) is 0 Å². The normalized spacial score (nSPS) is 11.7. The molecule has 1 aromatic heterocycles. The maximum Gasteiger partial charge on any atom is 0.254 e. The minimum absolute atomic E-state index is 0.346. The molecule has 5 nitrogen and oxygen atoms in total. The molecule has 0 radical (unpaired) electrons. The van der Waals surface area contributed by atoms with Crippen molar-refractivity contribution in [2.24, 2.45) is 5.73 Å². The van der Waals surface area contributed by atoms with Crippen LogP contribution in [0, 0.1) is 6.92 Å². The molecule has 0 saturated carbocycles. The topological polar surface area (TPSA) is 85.1 Å². The summed E-state index contributed by atoms with van der Waals surface area (Å²) in [5.41, 5.74) is 7.47. The zero-order valence-electron chi connectivity index (χ0n) is 12.0. The number of nitrogens with one attached hydrogen (secondary N) is 1. The van der Waals surface area contributed by atoms with Gasteiger partial charge in [-0.2, -0.15) is 0 Å². The van der Waals surface area contributed by atoms with Gasteiger partial charge in [-0.15, -0.1) is 0 Å². The monoisotopic (exact) mass is 361 g/mol. The largest absolute Gasteiger partial charge is 0.368 e. The Kier molecular flexibility index (Phi) is 5.27. The minimum atomic E-state index is -0.775. The van der Waals surface area contributed by atoms with E-state index in [-0.39, 0.29) is 5.91 Å². The first-order chi connectivity index (χ1) is 10.5. The summed E-state index contributed by atoms with van der Waals surface area (Å²) in [6.07, 6.45) is 0.346. The van der Waals surface area contributed by atoms with Crippen LogP contribution in [0.4, 0.5) is 0 Å². The van der Waals surface area contributed by atoms with Gasteiger partial charge in [0, 0.05) is 12.1 Å². The molecule has 0 aliphatic heterocycles. The van der Waals surface area contributed by atoms with E-state index in [0.29, 0.717) is 16.6 Å². The fourth-order valence-corrected chi connectivity index (χ4v) is 2.59. The predicted octanol–water partition coefficient (Wildman–Crippen LogP) is 1.98. The Morgan fingerprint density at radius 1 is 1.23 bits per heavy atom. The molecule has 2 aromatic rings. The van der Waals surface area contributed by atoms with Crippen molar-refractivity contribution < 1.29 is 9.59 Å². The van der Waals surface area contributed by atoms with E-state index in [9.17, 15) is 9.59 Å². The molecule has 6 heteroatoms. The third-order valence-corrected chi connectivity index (χ3v) is 3.77. The highest BCUT2D eigenvalue weighted by atomic mass is 79.9. The second kappa shape index (κ2) is 7.17. The van der Waals surface area contributed by atoms with Crippen molar-refractivity contribution in [1.82, 2.24) is 10.3 Å². The highest BCUT2D eigenvalue weighted by Crippen LogP contribution is 2.15. The number of nitrogens with zero attached hydrogens (tertiary/aromatic N) is 1. The van der Waals surface area contributed by atoms with Crippen molar-refractivity contribution in [1.29, 1.82) is 0 Å². The first-order valence-corrected chi connectivity index (χ1v) is 7.54. The number of aromatic nitrogens is 1. The Morgan fingerprint density at radius 2 is 1.91 bits per heavy atom. The first kappa shape index (κ1) is 16.2. The van der Waals surface area contributed by atoms with Crippen molar-refractivity contribution in [3.8, 4) is 0 Å². The second-order valence-corrected chi connectivity index (χ2v) is 5.66. The number of halogens is 1. The number of rotatable bonds is 5. The lowest BCUT2D eigenvalue weighted by atomic mass is 10.1. The van der Waals surface area contributed by atoms with Crippen molar-refractivity contribution in [3.05, 3.63) is 63.9 Å². The van der Waals surface area contributed by atoms with Gasteiger partial charge in [0.25, 0.3) is 5.91 Å². The number of primary amides is 1. The molecule has 114 valence electrons. The number of aryl methyl sites for hydroxylation is 1. The summed E-state index contributed by atoms with van der Waals surface area (Å²) in [6.45, 7) is 1.83. The van der Waals surface area contributed by atoms with Crippen LogP contribution in [0.2, 0.25) is 0 Å². The van der Waals surface area contributed by atoms with Gasteiger partial charge in [-0.05, 0) is 40.5 Å². The van der Waals surface area contributed by atoms with E-state index in [4.69, 9.17) is 5.73 Å². The van der Waals surface area contributed by atoms with Gasteiger partial charge in [-0.25, -0.2) is 4.98 Å². The summed E-state index contributed by atoms with van der Waals surface area (Å²) in [6, 6.07) is 12.0. The van der Waals surface area contributed by atoms with Gasteiger partial charge < -0.3 is 11.1 Å². The summed E-state index contributed by atoms with van der Waals surface area (Å²) < 4.78 is 0.438. The molecule has 0 saturated heterocycles. The summed E-state index contributed by atoms with van der Waals surface area (Å²) in [7, 11) is 0. The lowest BCUT2D eigenvalue weighted by molar-refractivity contribution is -0.119. The van der Waals surface area contributed by atoms with Crippen molar-refractivity contribution in [3.63, 3.8) is 0 Å². The van der Waals surface area contributed by atoms with Crippen molar-refractivity contribution in [2.75, 3.05) is 0 Å². The summed E-state index contributed by atoms with van der Waals surface area (Å²) in [5, 5.41) is 2.66. The van der Waals surface area contributed by atoms with Crippen LogP contribution in [-0.2, 0) is 11.2 Å². The SMILES string of the molecule is Cc1ccc(C(=O)NC(Cc2ccccc2)C(N)=O)c(Br)n1. The Hall–Kier alpha value is -2.21. The standard InChI is InChI=1S/C16H16BrN3O2/c1-10-7-8-12(14(17)19-10)16(22)20-13(15(18)21)9-11-5-3-2-4-6-11/h2-8,13H,9H2,1H3,(H2,18,21)(H,20,22). The molecule has 1 unspecified atom stereocenters. The third kappa shape index (κ3) is 4.14. The number of carbonyl (C=O) groups is 2. The van der Waals surface area contributed by atoms with Crippen molar-refractivity contribution >= 4 is 27.7 Å². The lowest BCUT2D eigenvalue weighted by Gasteiger charge is -2.16. The fourth-order valence-electron chi connectivity index (χ4n) is 2.00. The van der Waals surface area contributed by atoms with Crippen LogP contribution in [0.25, 0.3) is 0 Å². The number of amides is 2. The smallest absolute Gasteiger partial charge is 0.254 e. The zero-order chi connectivity index (χ0) is 16.1. The molecule has 2 amide bonds. The number of pyridine rings is 1. The highest BCUT2D eigenvalue weighted by molar-refractivity contribution is 9.10. The molecule has 0 fully saturated rings. The molecule has 0 bridgehead atoms. The van der Waals surface area contributed by atoms with Gasteiger partial charge >= 0.3 is 0 Å². The highest BCUT2D eigenvalue weighted by Gasteiger charge is 2.21. The van der Waals surface area contributed by atoms with Gasteiger partial charge in [-0.1, -0.05) is 30.3 Å².